The maximum absolute atomic E-state index is 12.4. The fourth-order valence-electron chi connectivity index (χ4n) is 4.79. The number of rotatable bonds is 10. The second-order valence-electron chi connectivity index (χ2n) is 10.4. The Hall–Kier alpha value is -3.51. The second-order valence-corrected chi connectivity index (χ2v) is 10.4. The third kappa shape index (κ3) is 7.76. The lowest BCUT2D eigenvalue weighted by Crippen LogP contribution is -2.64. The molecule has 0 radical (unpaired) electrons. The fraction of sp³-hybridized carbons (Fsp3) is 0.483. The predicted octanol–water partition coefficient (Wildman–Crippen LogP) is -1.02. The van der Waals surface area contributed by atoms with Crippen molar-refractivity contribution in [2.45, 2.75) is 74.8 Å². The molecule has 2 aromatic carbocycles. The number of phenolic OH excluding ortho intramolecular Hbond substituents is 4. The van der Waals surface area contributed by atoms with E-state index >= 15 is 0 Å². The summed E-state index contributed by atoms with van der Waals surface area (Å²) in [5.41, 5.74) is 0.972. The van der Waals surface area contributed by atoms with E-state index < -0.39 is 79.7 Å². The Balaban J connectivity index is 1.36. The summed E-state index contributed by atoms with van der Waals surface area (Å²) in [6, 6.07) is 8.06. The zero-order valence-electron chi connectivity index (χ0n) is 23.5. The van der Waals surface area contributed by atoms with Gasteiger partial charge in [0.1, 0.15) is 36.6 Å². The first kappa shape index (κ1) is 33.4. The van der Waals surface area contributed by atoms with E-state index in [9.17, 15) is 50.8 Å². The molecule has 0 aliphatic carbocycles. The van der Waals surface area contributed by atoms with Crippen LogP contribution < -0.4 is 0 Å². The van der Waals surface area contributed by atoms with Gasteiger partial charge in [0.05, 0.1) is 19.3 Å². The Kier molecular flexibility index (Phi) is 11.0. The van der Waals surface area contributed by atoms with Gasteiger partial charge in [0.25, 0.3) is 0 Å². The SMILES string of the molecule is C[C@H]1O[C@H](O[C@H]2[C@@H](O)[C@@H](CO)O[C@@H](OCCc3ccc(O)c(O)c3)[C@@H]2O)[C@H](O)[C@@H](O)[C@H]1OC(=O)C=Cc1ccc(O)c(O)c1. The number of esters is 1. The van der Waals surface area contributed by atoms with Gasteiger partial charge in [-0.15, -0.1) is 0 Å². The molecule has 2 saturated heterocycles. The van der Waals surface area contributed by atoms with Crippen molar-refractivity contribution < 1.29 is 74.4 Å². The van der Waals surface area contributed by atoms with Crippen LogP contribution in [0.25, 0.3) is 6.08 Å². The average molecular weight is 625 g/mol. The van der Waals surface area contributed by atoms with Gasteiger partial charge in [0, 0.05) is 6.08 Å². The number of carbonyl (C=O) groups is 1. The second kappa shape index (κ2) is 14.5. The highest BCUT2D eigenvalue weighted by Crippen LogP contribution is 2.31. The van der Waals surface area contributed by atoms with Crippen LogP contribution in [0.2, 0.25) is 0 Å². The summed E-state index contributed by atoms with van der Waals surface area (Å²) in [6.07, 6.45) is -12.4. The summed E-state index contributed by atoms with van der Waals surface area (Å²) in [4.78, 5) is 12.4. The van der Waals surface area contributed by atoms with Crippen LogP contribution in [0.5, 0.6) is 23.0 Å². The number of hydrogen-bond donors (Lipinski definition) is 9. The van der Waals surface area contributed by atoms with Crippen LogP contribution in [0.4, 0.5) is 0 Å². The molecule has 15 heteroatoms. The monoisotopic (exact) mass is 624 g/mol. The minimum atomic E-state index is -1.81. The van der Waals surface area contributed by atoms with Gasteiger partial charge in [0.2, 0.25) is 0 Å². The van der Waals surface area contributed by atoms with Crippen LogP contribution in [0.15, 0.2) is 42.5 Å². The van der Waals surface area contributed by atoms with Crippen molar-refractivity contribution in [3.8, 4) is 23.0 Å². The van der Waals surface area contributed by atoms with Crippen molar-refractivity contribution >= 4 is 12.0 Å². The van der Waals surface area contributed by atoms with E-state index in [1.54, 1.807) is 6.07 Å². The van der Waals surface area contributed by atoms with Crippen LogP contribution in [-0.4, -0.2) is 127 Å². The minimum Gasteiger partial charge on any atom is -0.504 e. The number of benzene rings is 2. The topological polar surface area (TPSA) is 245 Å². The summed E-state index contributed by atoms with van der Waals surface area (Å²) in [5.74, 6) is -2.25. The maximum Gasteiger partial charge on any atom is 0.331 e. The van der Waals surface area contributed by atoms with Crippen molar-refractivity contribution in [2.75, 3.05) is 13.2 Å². The molecule has 9 N–H and O–H groups in total. The van der Waals surface area contributed by atoms with Crippen molar-refractivity contribution in [3.05, 3.63) is 53.6 Å². The zero-order chi connectivity index (χ0) is 32.1. The molecule has 0 spiro atoms. The number of aliphatic hydroxyl groups is 5. The lowest BCUT2D eigenvalue weighted by atomic mass is 9.97. The summed E-state index contributed by atoms with van der Waals surface area (Å²) >= 11 is 0. The van der Waals surface area contributed by atoms with Crippen molar-refractivity contribution in [2.24, 2.45) is 0 Å². The summed E-state index contributed by atoms with van der Waals surface area (Å²) in [5, 5.41) is 90.9. The van der Waals surface area contributed by atoms with E-state index in [0.29, 0.717) is 11.1 Å². The first-order valence-corrected chi connectivity index (χ1v) is 13.7. The van der Waals surface area contributed by atoms with Crippen molar-refractivity contribution in [3.63, 3.8) is 0 Å². The first-order valence-electron chi connectivity index (χ1n) is 13.7. The molecule has 2 fully saturated rings. The van der Waals surface area contributed by atoms with Gasteiger partial charge >= 0.3 is 5.97 Å². The molecule has 4 rings (SSSR count). The van der Waals surface area contributed by atoms with Gasteiger partial charge in [0.15, 0.2) is 41.7 Å². The van der Waals surface area contributed by atoms with Crippen molar-refractivity contribution in [1.82, 2.24) is 0 Å². The summed E-state index contributed by atoms with van der Waals surface area (Å²) in [7, 11) is 0. The molecular formula is C29H36O15. The molecule has 15 nitrogen and oxygen atoms in total. The largest absolute Gasteiger partial charge is 0.504 e. The third-order valence-electron chi connectivity index (χ3n) is 7.27. The molecule has 10 atom stereocenters. The van der Waals surface area contributed by atoms with Gasteiger partial charge < -0.3 is 69.6 Å². The highest BCUT2D eigenvalue weighted by Gasteiger charge is 2.51. The van der Waals surface area contributed by atoms with Gasteiger partial charge in [-0.3, -0.25) is 0 Å². The zero-order valence-corrected chi connectivity index (χ0v) is 23.5. The van der Waals surface area contributed by atoms with Gasteiger partial charge in [-0.25, -0.2) is 4.79 Å². The van der Waals surface area contributed by atoms with E-state index in [2.05, 4.69) is 0 Å². The molecule has 2 aromatic rings. The standard InChI is InChI=1S/C29H36O15/c1-13-26(43-21(35)7-4-14-2-5-16(31)18(33)10-14)23(37)24(38)29(41-13)44-27-22(36)20(12-30)42-28(25(27)39)40-9-8-15-3-6-17(32)19(34)11-15/h2-7,10-11,13,20,22-34,36-39H,8-9,12H2,1H3/t13-,20-,22+,23-,24-,25-,26+,27+,28-,29-/m1/s1. The summed E-state index contributed by atoms with van der Waals surface area (Å²) in [6.45, 7) is 0.716. The Morgan fingerprint density at radius 1 is 0.818 bits per heavy atom. The van der Waals surface area contributed by atoms with E-state index in [0.717, 1.165) is 6.08 Å². The van der Waals surface area contributed by atoms with Crippen LogP contribution in [0, 0.1) is 0 Å². The van der Waals surface area contributed by atoms with E-state index in [1.807, 2.05) is 0 Å². The van der Waals surface area contributed by atoms with Crippen LogP contribution in [-0.2, 0) is 34.9 Å². The molecule has 2 aliphatic heterocycles. The van der Waals surface area contributed by atoms with E-state index in [1.165, 1.54) is 43.3 Å². The molecule has 0 bridgehead atoms. The third-order valence-corrected chi connectivity index (χ3v) is 7.27. The molecule has 242 valence electrons. The number of aromatic hydroxyl groups is 4. The number of aliphatic hydroxyl groups excluding tert-OH is 5. The molecule has 2 aliphatic rings. The summed E-state index contributed by atoms with van der Waals surface area (Å²) < 4.78 is 27.7. The molecule has 0 amide bonds. The first-order chi connectivity index (χ1) is 20.9. The van der Waals surface area contributed by atoms with Crippen LogP contribution in [0.3, 0.4) is 0 Å². The Morgan fingerprint density at radius 2 is 1.50 bits per heavy atom. The highest BCUT2D eigenvalue weighted by atomic mass is 16.7. The quantitative estimate of drug-likeness (QED) is 0.0873. The number of ether oxygens (including phenoxy) is 5. The lowest BCUT2D eigenvalue weighted by molar-refractivity contribution is -0.357. The Bertz CT molecular complexity index is 1300. The van der Waals surface area contributed by atoms with Crippen LogP contribution >= 0.6 is 0 Å². The Morgan fingerprint density at radius 3 is 2.16 bits per heavy atom. The smallest absolute Gasteiger partial charge is 0.331 e. The van der Waals surface area contributed by atoms with Crippen LogP contribution in [0.1, 0.15) is 18.1 Å². The Labute approximate surface area is 251 Å². The highest BCUT2D eigenvalue weighted by molar-refractivity contribution is 5.87. The van der Waals surface area contributed by atoms with E-state index in [4.69, 9.17) is 23.7 Å². The molecular weight excluding hydrogens is 588 g/mol. The molecule has 0 unspecified atom stereocenters. The number of hydrogen-bond acceptors (Lipinski definition) is 15. The average Bonchev–Trinajstić information content (AvgIpc) is 2.99. The lowest BCUT2D eigenvalue weighted by Gasteiger charge is -2.46. The van der Waals surface area contributed by atoms with E-state index in [-0.39, 0.29) is 30.3 Å². The van der Waals surface area contributed by atoms with Gasteiger partial charge in [-0.1, -0.05) is 12.1 Å². The fourth-order valence-corrected chi connectivity index (χ4v) is 4.79. The number of phenols is 4. The normalized spacial score (nSPS) is 32.5. The molecule has 2 heterocycles. The van der Waals surface area contributed by atoms with Crippen molar-refractivity contribution in [1.29, 1.82) is 0 Å². The molecule has 0 saturated carbocycles. The number of carbonyl (C=O) groups excluding carboxylic acids is 1. The molecule has 44 heavy (non-hydrogen) atoms. The minimum absolute atomic E-state index is 0.0411. The molecule has 0 aromatic heterocycles. The van der Waals surface area contributed by atoms with Gasteiger partial charge in [-0.05, 0) is 54.8 Å². The maximum atomic E-state index is 12.4. The van der Waals surface area contributed by atoms with Gasteiger partial charge in [-0.2, -0.15) is 0 Å². The predicted molar refractivity (Wildman–Crippen MR) is 147 cm³/mol.